The summed E-state index contributed by atoms with van der Waals surface area (Å²) >= 11 is 0. The Morgan fingerprint density at radius 1 is 1.25 bits per heavy atom. The van der Waals surface area contributed by atoms with Crippen molar-refractivity contribution in [3.05, 3.63) is 24.3 Å². The molecule has 5 heteroatoms. The first-order chi connectivity index (χ1) is 11.7. The van der Waals surface area contributed by atoms with Gasteiger partial charge in [0.15, 0.2) is 0 Å². The number of carbonyl (C=O) groups is 1. The third kappa shape index (κ3) is 3.90. The van der Waals surface area contributed by atoms with E-state index in [1.165, 1.54) is 19.4 Å². The Morgan fingerprint density at radius 2 is 2.04 bits per heavy atom. The Kier molecular flexibility index (Phi) is 5.74. The fraction of sp³-hybridized carbons (Fsp3) is 0.632. The lowest BCUT2D eigenvalue weighted by atomic mass is 10.2. The normalized spacial score (nSPS) is 24.8. The van der Waals surface area contributed by atoms with Crippen LogP contribution in [0.15, 0.2) is 24.3 Å². The second-order valence-electron chi connectivity index (χ2n) is 6.86. The van der Waals surface area contributed by atoms with E-state index in [0.29, 0.717) is 19.1 Å². The summed E-state index contributed by atoms with van der Waals surface area (Å²) < 4.78 is 5.82. The molecule has 1 unspecified atom stereocenters. The van der Waals surface area contributed by atoms with Crippen LogP contribution in [0.2, 0.25) is 0 Å². The zero-order valence-electron chi connectivity index (χ0n) is 14.5. The van der Waals surface area contributed by atoms with Gasteiger partial charge in [-0.15, -0.1) is 0 Å². The van der Waals surface area contributed by atoms with Crippen molar-refractivity contribution < 1.29 is 14.6 Å². The van der Waals surface area contributed by atoms with E-state index < -0.39 is 0 Å². The van der Waals surface area contributed by atoms with E-state index in [1.54, 1.807) is 4.90 Å². The van der Waals surface area contributed by atoms with E-state index in [0.717, 1.165) is 30.8 Å². The Balaban J connectivity index is 1.47. The van der Waals surface area contributed by atoms with Gasteiger partial charge in [-0.25, -0.2) is 0 Å². The van der Waals surface area contributed by atoms with Crippen LogP contribution < -0.4 is 9.64 Å². The summed E-state index contributed by atoms with van der Waals surface area (Å²) in [6.07, 6.45) is 4.89. The summed E-state index contributed by atoms with van der Waals surface area (Å²) in [6.45, 7) is 5.33. The lowest BCUT2D eigenvalue weighted by Crippen LogP contribution is -2.35. The second-order valence-corrected chi connectivity index (χ2v) is 6.86. The molecule has 1 N–H and O–H groups in total. The minimum Gasteiger partial charge on any atom is -0.494 e. The fourth-order valence-corrected chi connectivity index (χ4v) is 3.76. The molecule has 1 aromatic rings. The number of hydrogen-bond acceptors (Lipinski definition) is 4. The van der Waals surface area contributed by atoms with E-state index in [4.69, 9.17) is 4.74 Å². The van der Waals surface area contributed by atoms with Gasteiger partial charge in [0.05, 0.1) is 19.3 Å². The van der Waals surface area contributed by atoms with Crippen molar-refractivity contribution in [1.82, 2.24) is 4.90 Å². The van der Waals surface area contributed by atoms with Crippen LogP contribution in [0.25, 0.3) is 0 Å². The molecular formula is C19H28N2O3. The van der Waals surface area contributed by atoms with Crippen LogP contribution in [0.1, 0.15) is 39.0 Å². The first kappa shape index (κ1) is 17.2. The van der Waals surface area contributed by atoms with Gasteiger partial charge in [-0.1, -0.05) is 0 Å². The van der Waals surface area contributed by atoms with Crippen molar-refractivity contribution in [3.63, 3.8) is 0 Å². The molecule has 0 radical (unpaired) electrons. The molecule has 0 bridgehead atoms. The summed E-state index contributed by atoms with van der Waals surface area (Å²) in [5.41, 5.74) is 0.842. The number of carbonyl (C=O) groups excluding carboxylic acids is 1. The lowest BCUT2D eigenvalue weighted by molar-refractivity contribution is -0.117. The number of nitrogens with zero attached hydrogens (tertiary/aromatic N) is 2. The predicted molar refractivity (Wildman–Crippen MR) is 94.4 cm³/mol. The average molecular weight is 332 g/mol. The number of hydrogen-bond donors (Lipinski definition) is 1. The smallest absolute Gasteiger partial charge is 0.227 e. The van der Waals surface area contributed by atoms with E-state index in [2.05, 4.69) is 11.8 Å². The minimum atomic E-state index is -0.0910. The zero-order valence-corrected chi connectivity index (χ0v) is 14.5. The highest BCUT2D eigenvalue weighted by Crippen LogP contribution is 2.28. The van der Waals surface area contributed by atoms with Crippen LogP contribution in [-0.2, 0) is 4.79 Å². The second kappa shape index (κ2) is 7.99. The standard InChI is InChI=1S/C19H28N2O3/c1-15-4-2-11-20(15)12-3-13-24-18-8-5-16(6-9-18)21-17(14-22)7-10-19(21)23/h5-6,8-9,15,17,22H,2-4,7,10-14H2,1H3/t15?,17-/m0/s1. The number of aliphatic hydroxyl groups is 1. The zero-order chi connectivity index (χ0) is 16.9. The van der Waals surface area contributed by atoms with Crippen molar-refractivity contribution in [3.8, 4) is 5.75 Å². The minimum absolute atomic E-state index is 0.0128. The van der Waals surface area contributed by atoms with Crippen molar-refractivity contribution in [2.24, 2.45) is 0 Å². The lowest BCUT2D eigenvalue weighted by Gasteiger charge is -2.23. The largest absolute Gasteiger partial charge is 0.494 e. The van der Waals surface area contributed by atoms with Gasteiger partial charge in [-0.05, 0) is 63.4 Å². The SMILES string of the molecule is CC1CCCN1CCCOc1ccc(N2C(=O)CC[C@H]2CO)cc1. The first-order valence-corrected chi connectivity index (χ1v) is 9.09. The van der Waals surface area contributed by atoms with Crippen molar-refractivity contribution in [2.75, 3.05) is 31.2 Å². The number of aliphatic hydroxyl groups excluding tert-OH is 1. The third-order valence-corrected chi connectivity index (χ3v) is 5.20. The van der Waals surface area contributed by atoms with E-state index in [9.17, 15) is 9.90 Å². The number of ether oxygens (including phenoxy) is 1. The monoisotopic (exact) mass is 332 g/mol. The van der Waals surface area contributed by atoms with Crippen LogP contribution in [0.5, 0.6) is 5.75 Å². The number of benzene rings is 1. The first-order valence-electron chi connectivity index (χ1n) is 9.09. The van der Waals surface area contributed by atoms with Crippen LogP contribution in [-0.4, -0.2) is 54.3 Å². The summed E-state index contributed by atoms with van der Waals surface area (Å²) in [4.78, 5) is 16.2. The van der Waals surface area contributed by atoms with Gasteiger partial charge in [0.2, 0.25) is 5.91 Å². The van der Waals surface area contributed by atoms with E-state index >= 15 is 0 Å². The molecule has 5 nitrogen and oxygen atoms in total. The number of anilines is 1. The van der Waals surface area contributed by atoms with Crippen molar-refractivity contribution >= 4 is 11.6 Å². The molecule has 3 rings (SSSR count). The Labute approximate surface area is 144 Å². The summed E-state index contributed by atoms with van der Waals surface area (Å²) in [7, 11) is 0. The molecule has 2 saturated heterocycles. The highest BCUT2D eigenvalue weighted by Gasteiger charge is 2.31. The summed E-state index contributed by atoms with van der Waals surface area (Å²) in [5, 5.41) is 9.40. The van der Waals surface area contributed by atoms with Gasteiger partial charge in [-0.3, -0.25) is 4.79 Å². The molecule has 2 fully saturated rings. The fourth-order valence-electron chi connectivity index (χ4n) is 3.76. The highest BCUT2D eigenvalue weighted by atomic mass is 16.5. The molecular weight excluding hydrogens is 304 g/mol. The molecule has 2 heterocycles. The maximum atomic E-state index is 12.0. The van der Waals surface area contributed by atoms with Crippen LogP contribution in [0.4, 0.5) is 5.69 Å². The molecule has 1 amide bonds. The number of amides is 1. The molecule has 0 aliphatic carbocycles. The Bertz CT molecular complexity index is 546. The molecule has 0 spiro atoms. The molecule has 1 aromatic carbocycles. The van der Waals surface area contributed by atoms with Gasteiger partial charge in [-0.2, -0.15) is 0 Å². The van der Waals surface area contributed by atoms with Gasteiger partial charge >= 0.3 is 0 Å². The quantitative estimate of drug-likeness (QED) is 0.779. The molecule has 132 valence electrons. The van der Waals surface area contributed by atoms with Gasteiger partial charge < -0.3 is 19.6 Å². The number of likely N-dealkylation sites (tertiary alicyclic amines) is 1. The van der Waals surface area contributed by atoms with Crippen LogP contribution >= 0.6 is 0 Å². The van der Waals surface area contributed by atoms with Crippen LogP contribution in [0.3, 0.4) is 0 Å². The molecule has 2 aliphatic heterocycles. The topological polar surface area (TPSA) is 53.0 Å². The maximum Gasteiger partial charge on any atom is 0.227 e. The van der Waals surface area contributed by atoms with Gasteiger partial charge in [0, 0.05) is 24.7 Å². The molecule has 2 atom stereocenters. The van der Waals surface area contributed by atoms with Crippen LogP contribution in [0, 0.1) is 0 Å². The van der Waals surface area contributed by atoms with E-state index in [-0.39, 0.29) is 18.6 Å². The van der Waals surface area contributed by atoms with Crippen molar-refractivity contribution in [2.45, 2.75) is 51.1 Å². The molecule has 0 saturated carbocycles. The average Bonchev–Trinajstić information content (AvgIpc) is 3.18. The van der Waals surface area contributed by atoms with Gasteiger partial charge in [0.1, 0.15) is 5.75 Å². The Hall–Kier alpha value is -1.59. The molecule has 2 aliphatic rings. The summed E-state index contributed by atoms with van der Waals surface area (Å²) in [5.74, 6) is 0.919. The Morgan fingerprint density at radius 3 is 2.71 bits per heavy atom. The molecule has 0 aromatic heterocycles. The van der Waals surface area contributed by atoms with Crippen molar-refractivity contribution in [1.29, 1.82) is 0 Å². The third-order valence-electron chi connectivity index (χ3n) is 5.20. The summed E-state index contributed by atoms with van der Waals surface area (Å²) in [6, 6.07) is 8.25. The van der Waals surface area contributed by atoms with Gasteiger partial charge in [0.25, 0.3) is 0 Å². The highest BCUT2D eigenvalue weighted by molar-refractivity contribution is 5.96. The van der Waals surface area contributed by atoms with E-state index in [1.807, 2.05) is 24.3 Å². The predicted octanol–water partition coefficient (Wildman–Crippen LogP) is 2.43. The molecule has 24 heavy (non-hydrogen) atoms. The number of rotatable bonds is 7. The maximum absolute atomic E-state index is 12.0.